The largest absolute Gasteiger partial charge is 0.449 e. The number of hydrogen-bond donors (Lipinski definition) is 1. The van der Waals surface area contributed by atoms with Gasteiger partial charge >= 0.3 is 12.1 Å². The van der Waals surface area contributed by atoms with Crippen molar-refractivity contribution in [1.82, 2.24) is 0 Å². The third kappa shape index (κ3) is 3.47. The van der Waals surface area contributed by atoms with Crippen molar-refractivity contribution in [2.24, 2.45) is 5.73 Å². The number of alkyl halides is 3. The van der Waals surface area contributed by atoms with Gasteiger partial charge in [0.2, 0.25) is 0 Å². The van der Waals surface area contributed by atoms with E-state index in [1.54, 1.807) is 0 Å². The van der Waals surface area contributed by atoms with Crippen LogP contribution in [0.5, 0.6) is 0 Å². The van der Waals surface area contributed by atoms with E-state index in [2.05, 4.69) is 4.74 Å². The molecule has 2 N–H and O–H groups in total. The molecule has 98 valence electrons. The molecule has 18 heavy (non-hydrogen) atoms. The smallest absolute Gasteiger partial charge is 0.416 e. The summed E-state index contributed by atoms with van der Waals surface area (Å²) in [5.74, 6) is -1.75. The zero-order valence-corrected chi connectivity index (χ0v) is 9.32. The summed E-state index contributed by atoms with van der Waals surface area (Å²) >= 11 is 0. The maximum absolute atomic E-state index is 12.3. The number of benzene rings is 1. The van der Waals surface area contributed by atoms with Gasteiger partial charge in [-0.15, -0.1) is 0 Å². The lowest BCUT2D eigenvalue weighted by molar-refractivity contribution is -0.137. The molecule has 0 saturated heterocycles. The number of nitrogens with two attached hydrogens (primary N) is 1. The van der Waals surface area contributed by atoms with E-state index in [4.69, 9.17) is 5.73 Å². The molecule has 0 fully saturated rings. The van der Waals surface area contributed by atoms with E-state index in [0.717, 1.165) is 24.3 Å². The van der Waals surface area contributed by atoms with Gasteiger partial charge in [-0.1, -0.05) is 0 Å². The molecule has 0 unspecified atom stereocenters. The van der Waals surface area contributed by atoms with Crippen molar-refractivity contribution in [1.29, 1.82) is 0 Å². The van der Waals surface area contributed by atoms with E-state index in [9.17, 15) is 22.8 Å². The monoisotopic (exact) mass is 261 g/mol. The summed E-state index contributed by atoms with van der Waals surface area (Å²) in [6.45, 7) is 1.27. The molecule has 0 spiro atoms. The first-order chi connectivity index (χ1) is 8.21. The minimum atomic E-state index is -4.47. The van der Waals surface area contributed by atoms with Gasteiger partial charge in [-0.2, -0.15) is 13.2 Å². The molecular weight excluding hydrogens is 251 g/mol. The van der Waals surface area contributed by atoms with Crippen molar-refractivity contribution in [2.45, 2.75) is 19.2 Å². The topological polar surface area (TPSA) is 69.4 Å². The Kier molecular flexibility index (Phi) is 3.95. The number of hydrogen-bond acceptors (Lipinski definition) is 3. The first kappa shape index (κ1) is 14.0. The van der Waals surface area contributed by atoms with Crippen LogP contribution in [0.3, 0.4) is 0 Å². The number of halogens is 3. The van der Waals surface area contributed by atoms with E-state index < -0.39 is 29.7 Å². The van der Waals surface area contributed by atoms with Gasteiger partial charge in [-0.05, 0) is 31.2 Å². The molecule has 0 saturated carbocycles. The molecule has 1 amide bonds. The third-order valence-electron chi connectivity index (χ3n) is 2.13. The van der Waals surface area contributed by atoms with Gasteiger partial charge < -0.3 is 10.5 Å². The Labute approximate surface area is 101 Å². The summed E-state index contributed by atoms with van der Waals surface area (Å²) in [5.41, 5.74) is 3.92. The van der Waals surface area contributed by atoms with E-state index in [-0.39, 0.29) is 5.56 Å². The number of ether oxygens (including phenoxy) is 1. The second-order valence-electron chi connectivity index (χ2n) is 3.53. The van der Waals surface area contributed by atoms with Crippen LogP contribution in [0.25, 0.3) is 0 Å². The molecule has 1 aromatic carbocycles. The van der Waals surface area contributed by atoms with E-state index in [1.807, 2.05) is 0 Å². The maximum atomic E-state index is 12.3. The highest BCUT2D eigenvalue weighted by molar-refractivity contribution is 5.91. The van der Waals surface area contributed by atoms with Crippen LogP contribution in [-0.4, -0.2) is 18.0 Å². The fourth-order valence-corrected chi connectivity index (χ4v) is 1.08. The molecule has 0 radical (unpaired) electrons. The van der Waals surface area contributed by atoms with Gasteiger partial charge in [-0.3, -0.25) is 4.79 Å². The molecule has 4 nitrogen and oxygen atoms in total. The summed E-state index contributed by atoms with van der Waals surface area (Å²) in [5, 5.41) is 0. The molecule has 1 aromatic rings. The van der Waals surface area contributed by atoms with Crippen LogP contribution in [0.1, 0.15) is 22.8 Å². The average molecular weight is 261 g/mol. The quantitative estimate of drug-likeness (QED) is 0.842. The Balaban J connectivity index is 2.80. The van der Waals surface area contributed by atoms with Crippen LogP contribution < -0.4 is 5.73 Å². The number of carbonyl (C=O) groups is 2. The van der Waals surface area contributed by atoms with Gasteiger partial charge in [-0.25, -0.2) is 4.79 Å². The van der Waals surface area contributed by atoms with Crippen LogP contribution in [0.2, 0.25) is 0 Å². The second-order valence-corrected chi connectivity index (χ2v) is 3.53. The number of amides is 1. The molecular formula is C11H10F3NO3. The van der Waals surface area contributed by atoms with Crippen LogP contribution in [-0.2, 0) is 15.7 Å². The lowest BCUT2D eigenvalue weighted by atomic mass is 10.1. The van der Waals surface area contributed by atoms with Gasteiger partial charge in [0.1, 0.15) is 0 Å². The number of carbonyl (C=O) groups excluding carboxylic acids is 2. The fraction of sp³-hybridized carbons (Fsp3) is 0.273. The standard InChI is InChI=1S/C11H10F3NO3/c1-6(9(15)16)18-10(17)7-2-4-8(5-3-7)11(12,13)14/h2-6H,1H3,(H2,15,16)/t6-/m0/s1. The van der Waals surface area contributed by atoms with Gasteiger partial charge in [0.25, 0.3) is 5.91 Å². The second kappa shape index (κ2) is 5.07. The molecule has 1 rings (SSSR count). The summed E-state index contributed by atoms with van der Waals surface area (Å²) in [4.78, 5) is 22.1. The van der Waals surface area contributed by atoms with Gasteiger partial charge in [0.05, 0.1) is 11.1 Å². The number of primary amides is 1. The van der Waals surface area contributed by atoms with Crippen molar-refractivity contribution in [2.75, 3.05) is 0 Å². The first-order valence-corrected chi connectivity index (χ1v) is 4.89. The molecule has 1 atom stereocenters. The maximum Gasteiger partial charge on any atom is 0.416 e. The predicted molar refractivity (Wildman–Crippen MR) is 55.5 cm³/mol. The zero-order valence-electron chi connectivity index (χ0n) is 9.32. The third-order valence-corrected chi connectivity index (χ3v) is 2.13. The summed E-state index contributed by atoms with van der Waals surface area (Å²) < 4.78 is 41.4. The van der Waals surface area contributed by atoms with Crippen LogP contribution >= 0.6 is 0 Å². The van der Waals surface area contributed by atoms with Crippen molar-refractivity contribution < 1.29 is 27.5 Å². The molecule has 0 bridgehead atoms. The van der Waals surface area contributed by atoms with Crippen molar-refractivity contribution in [3.05, 3.63) is 35.4 Å². The summed E-state index contributed by atoms with van der Waals surface area (Å²) in [7, 11) is 0. The predicted octanol–water partition coefficient (Wildman–Crippen LogP) is 1.74. The van der Waals surface area contributed by atoms with Crippen molar-refractivity contribution in [3.8, 4) is 0 Å². The molecule has 0 aliphatic heterocycles. The van der Waals surface area contributed by atoms with E-state index in [1.165, 1.54) is 6.92 Å². The molecule has 0 aromatic heterocycles. The highest BCUT2D eigenvalue weighted by Crippen LogP contribution is 2.29. The first-order valence-electron chi connectivity index (χ1n) is 4.89. The lowest BCUT2D eigenvalue weighted by Gasteiger charge is -2.10. The zero-order chi connectivity index (χ0) is 13.9. The number of esters is 1. The SMILES string of the molecule is C[C@H](OC(=O)c1ccc(C(F)(F)F)cc1)C(N)=O. The Morgan fingerprint density at radius 1 is 1.22 bits per heavy atom. The van der Waals surface area contributed by atoms with Gasteiger partial charge in [0, 0.05) is 0 Å². The van der Waals surface area contributed by atoms with Crippen LogP contribution in [0, 0.1) is 0 Å². The fourth-order valence-electron chi connectivity index (χ4n) is 1.08. The van der Waals surface area contributed by atoms with Crippen molar-refractivity contribution in [3.63, 3.8) is 0 Å². The summed E-state index contributed by atoms with van der Waals surface area (Å²) in [6.07, 6.45) is -5.61. The van der Waals surface area contributed by atoms with E-state index >= 15 is 0 Å². The van der Waals surface area contributed by atoms with Crippen molar-refractivity contribution >= 4 is 11.9 Å². The highest BCUT2D eigenvalue weighted by Gasteiger charge is 2.30. The van der Waals surface area contributed by atoms with Gasteiger partial charge in [0.15, 0.2) is 6.10 Å². The highest BCUT2D eigenvalue weighted by atomic mass is 19.4. The minimum Gasteiger partial charge on any atom is -0.449 e. The number of rotatable bonds is 3. The van der Waals surface area contributed by atoms with Crippen LogP contribution in [0.15, 0.2) is 24.3 Å². The average Bonchev–Trinajstić information content (AvgIpc) is 2.27. The Morgan fingerprint density at radius 2 is 1.72 bits per heavy atom. The minimum absolute atomic E-state index is 0.0869. The molecule has 7 heteroatoms. The molecule has 0 heterocycles. The van der Waals surface area contributed by atoms with E-state index in [0.29, 0.717) is 0 Å². The Hall–Kier alpha value is -2.05. The lowest BCUT2D eigenvalue weighted by Crippen LogP contribution is -2.30. The Bertz CT molecular complexity index is 454. The molecule has 0 aliphatic rings. The molecule has 0 aliphatic carbocycles. The van der Waals surface area contributed by atoms with Crippen LogP contribution in [0.4, 0.5) is 13.2 Å². The Morgan fingerprint density at radius 3 is 2.11 bits per heavy atom. The summed E-state index contributed by atoms with van der Waals surface area (Å²) in [6, 6.07) is 3.45. The normalized spacial score (nSPS) is 12.9.